The molecule has 0 amide bonds. The molecule has 0 saturated carbocycles. The second kappa shape index (κ2) is 3.91. The van der Waals surface area contributed by atoms with Gasteiger partial charge in [-0.1, -0.05) is 12.1 Å². The van der Waals surface area contributed by atoms with E-state index in [1.54, 1.807) is 0 Å². The molecule has 3 rings (SSSR count). The molecule has 0 spiro atoms. The second-order valence-electron chi connectivity index (χ2n) is 4.41. The van der Waals surface area contributed by atoms with E-state index in [1.807, 2.05) is 12.1 Å². The molecule has 0 bridgehead atoms. The molecule has 2 aromatic heterocycles. The van der Waals surface area contributed by atoms with Crippen LogP contribution in [0.3, 0.4) is 0 Å². The summed E-state index contributed by atoms with van der Waals surface area (Å²) in [6, 6.07) is 7.51. The van der Waals surface area contributed by atoms with Gasteiger partial charge in [0.15, 0.2) is 5.65 Å². The summed E-state index contributed by atoms with van der Waals surface area (Å²) < 4.78 is 13.1. The minimum Gasteiger partial charge on any atom is -0.336 e. The summed E-state index contributed by atoms with van der Waals surface area (Å²) in [5.41, 5.74) is 4.57. The lowest BCUT2D eigenvalue weighted by molar-refractivity contribution is 0.624. The van der Waals surface area contributed by atoms with Gasteiger partial charge in [0.25, 0.3) is 0 Å². The van der Waals surface area contributed by atoms with E-state index in [1.165, 1.54) is 23.4 Å². The highest BCUT2D eigenvalue weighted by Crippen LogP contribution is 2.22. The number of fused-ring (bicyclic) bond motifs is 1. The first-order valence-electron chi connectivity index (χ1n) is 5.72. The zero-order chi connectivity index (χ0) is 12.7. The number of H-pyrrole nitrogens is 1. The van der Waals surface area contributed by atoms with E-state index in [4.69, 9.17) is 0 Å². The largest absolute Gasteiger partial charge is 0.336 e. The minimum absolute atomic E-state index is 0.363. The van der Waals surface area contributed by atoms with Gasteiger partial charge in [-0.2, -0.15) is 0 Å². The van der Waals surface area contributed by atoms with Crippen LogP contribution in [0.2, 0.25) is 0 Å². The summed E-state index contributed by atoms with van der Waals surface area (Å²) in [7, 11) is 0. The number of hydrogen-bond donors (Lipinski definition) is 1. The Hall–Kier alpha value is -2.23. The highest BCUT2D eigenvalue weighted by atomic mass is 19.1. The van der Waals surface area contributed by atoms with Crippen LogP contribution in [0.4, 0.5) is 4.39 Å². The number of aromatic nitrogens is 3. The molecule has 90 valence electrons. The second-order valence-corrected chi connectivity index (χ2v) is 4.41. The fourth-order valence-corrected chi connectivity index (χ4v) is 1.90. The summed E-state index contributed by atoms with van der Waals surface area (Å²) in [6.45, 7) is 4.12. The zero-order valence-corrected chi connectivity index (χ0v) is 10.2. The van der Waals surface area contributed by atoms with Crippen molar-refractivity contribution in [1.29, 1.82) is 0 Å². The molecule has 0 radical (unpaired) electrons. The van der Waals surface area contributed by atoms with Crippen LogP contribution < -0.4 is 0 Å². The number of imidazole rings is 1. The SMILES string of the molecule is Cc1ccc(-c2nc3ncc(F)cc3[nH]2)cc1C. The standard InChI is InChI=1S/C14H12FN3/c1-8-3-4-10(5-9(8)2)13-17-12-6-11(15)7-16-14(12)18-13/h3-7H,1-2H3,(H,16,17,18). The van der Waals surface area contributed by atoms with Crippen molar-refractivity contribution in [3.05, 3.63) is 47.4 Å². The minimum atomic E-state index is -0.363. The topological polar surface area (TPSA) is 41.6 Å². The fourth-order valence-electron chi connectivity index (χ4n) is 1.90. The van der Waals surface area contributed by atoms with Gasteiger partial charge < -0.3 is 4.98 Å². The summed E-state index contributed by atoms with van der Waals surface area (Å²) in [5.74, 6) is 0.351. The monoisotopic (exact) mass is 241 g/mol. The lowest BCUT2D eigenvalue weighted by atomic mass is 10.1. The van der Waals surface area contributed by atoms with E-state index in [-0.39, 0.29) is 5.82 Å². The molecule has 0 atom stereocenters. The van der Waals surface area contributed by atoms with Gasteiger partial charge in [0.1, 0.15) is 11.6 Å². The molecule has 0 fully saturated rings. The quantitative estimate of drug-likeness (QED) is 0.709. The molecule has 4 heteroatoms. The van der Waals surface area contributed by atoms with Crippen molar-refractivity contribution in [2.75, 3.05) is 0 Å². The van der Waals surface area contributed by atoms with Crippen molar-refractivity contribution >= 4 is 11.2 Å². The van der Waals surface area contributed by atoms with E-state index in [0.29, 0.717) is 17.0 Å². The van der Waals surface area contributed by atoms with E-state index >= 15 is 0 Å². The van der Waals surface area contributed by atoms with E-state index in [2.05, 4.69) is 34.9 Å². The normalized spacial score (nSPS) is 11.1. The molecule has 0 unspecified atom stereocenters. The van der Waals surface area contributed by atoms with Crippen molar-refractivity contribution in [1.82, 2.24) is 15.0 Å². The highest BCUT2D eigenvalue weighted by Gasteiger charge is 2.07. The molecule has 0 aliphatic heterocycles. The number of aromatic amines is 1. The van der Waals surface area contributed by atoms with Crippen molar-refractivity contribution in [3.8, 4) is 11.4 Å². The van der Waals surface area contributed by atoms with Crippen molar-refractivity contribution in [2.45, 2.75) is 13.8 Å². The molecule has 18 heavy (non-hydrogen) atoms. The predicted octanol–water partition coefficient (Wildman–Crippen LogP) is 3.38. The third kappa shape index (κ3) is 1.76. The summed E-state index contributed by atoms with van der Waals surface area (Å²) in [5, 5.41) is 0. The first kappa shape index (κ1) is 10.9. The summed E-state index contributed by atoms with van der Waals surface area (Å²) >= 11 is 0. The lowest BCUT2D eigenvalue weighted by Gasteiger charge is -2.01. The molecule has 2 heterocycles. The number of hydrogen-bond acceptors (Lipinski definition) is 2. The molecular weight excluding hydrogens is 229 g/mol. The number of rotatable bonds is 1. The van der Waals surface area contributed by atoms with Gasteiger partial charge in [-0.15, -0.1) is 0 Å². The molecule has 1 N–H and O–H groups in total. The molecule has 1 aromatic carbocycles. The Kier molecular flexibility index (Phi) is 2.37. The van der Waals surface area contributed by atoms with Gasteiger partial charge >= 0.3 is 0 Å². The van der Waals surface area contributed by atoms with Crippen LogP contribution in [-0.4, -0.2) is 15.0 Å². The number of nitrogens with zero attached hydrogens (tertiary/aromatic N) is 2. The van der Waals surface area contributed by atoms with Crippen molar-refractivity contribution < 1.29 is 4.39 Å². The zero-order valence-electron chi connectivity index (χ0n) is 10.2. The Bertz CT molecular complexity index is 731. The van der Waals surface area contributed by atoms with Crippen LogP contribution in [0.15, 0.2) is 30.5 Å². The molecule has 0 saturated heterocycles. The number of halogens is 1. The summed E-state index contributed by atoms with van der Waals surface area (Å²) in [4.78, 5) is 11.4. The fraction of sp³-hybridized carbons (Fsp3) is 0.143. The maximum atomic E-state index is 13.1. The molecule has 0 aliphatic carbocycles. The Morgan fingerprint density at radius 2 is 1.94 bits per heavy atom. The number of benzene rings is 1. The number of pyridine rings is 1. The van der Waals surface area contributed by atoms with Crippen LogP contribution in [0, 0.1) is 19.7 Å². The van der Waals surface area contributed by atoms with Crippen LogP contribution in [0.25, 0.3) is 22.6 Å². The van der Waals surface area contributed by atoms with Crippen molar-refractivity contribution in [2.24, 2.45) is 0 Å². The Morgan fingerprint density at radius 1 is 1.11 bits per heavy atom. The number of nitrogens with one attached hydrogen (secondary N) is 1. The van der Waals surface area contributed by atoms with Crippen LogP contribution in [0.1, 0.15) is 11.1 Å². The lowest BCUT2D eigenvalue weighted by Crippen LogP contribution is -1.85. The smallest absolute Gasteiger partial charge is 0.178 e. The van der Waals surface area contributed by atoms with Crippen LogP contribution >= 0.6 is 0 Å². The number of aryl methyl sites for hydroxylation is 2. The highest BCUT2D eigenvalue weighted by molar-refractivity contribution is 5.75. The Labute approximate surface area is 104 Å². The maximum absolute atomic E-state index is 13.1. The Morgan fingerprint density at radius 3 is 2.72 bits per heavy atom. The maximum Gasteiger partial charge on any atom is 0.178 e. The first-order valence-corrected chi connectivity index (χ1v) is 5.72. The van der Waals surface area contributed by atoms with Gasteiger partial charge in [0, 0.05) is 11.6 Å². The van der Waals surface area contributed by atoms with Gasteiger partial charge in [-0.3, -0.25) is 0 Å². The van der Waals surface area contributed by atoms with Crippen LogP contribution in [-0.2, 0) is 0 Å². The third-order valence-corrected chi connectivity index (χ3v) is 3.08. The van der Waals surface area contributed by atoms with Gasteiger partial charge in [-0.25, -0.2) is 14.4 Å². The molecule has 3 aromatic rings. The average molecular weight is 241 g/mol. The van der Waals surface area contributed by atoms with Crippen molar-refractivity contribution in [3.63, 3.8) is 0 Å². The van der Waals surface area contributed by atoms with Gasteiger partial charge in [0.05, 0.1) is 11.7 Å². The van der Waals surface area contributed by atoms with E-state index < -0.39 is 0 Å². The van der Waals surface area contributed by atoms with E-state index in [0.717, 1.165) is 5.56 Å². The molecule has 3 nitrogen and oxygen atoms in total. The van der Waals surface area contributed by atoms with Gasteiger partial charge in [-0.05, 0) is 31.0 Å². The van der Waals surface area contributed by atoms with E-state index in [9.17, 15) is 4.39 Å². The van der Waals surface area contributed by atoms with Crippen LogP contribution in [0.5, 0.6) is 0 Å². The first-order chi connectivity index (χ1) is 8.63. The molecule has 0 aliphatic rings. The average Bonchev–Trinajstić information content (AvgIpc) is 2.75. The Balaban J connectivity index is 2.16. The predicted molar refractivity (Wildman–Crippen MR) is 68.8 cm³/mol. The molecular formula is C14H12FN3. The summed E-state index contributed by atoms with van der Waals surface area (Å²) in [6.07, 6.45) is 1.17. The van der Waals surface area contributed by atoms with Gasteiger partial charge in [0.2, 0.25) is 0 Å². The third-order valence-electron chi connectivity index (χ3n) is 3.08.